The summed E-state index contributed by atoms with van der Waals surface area (Å²) in [5.41, 5.74) is 2.39. The molecule has 2 N–H and O–H groups in total. The molecular weight excluding hydrogens is 421 g/mol. The summed E-state index contributed by atoms with van der Waals surface area (Å²) in [7, 11) is 3.51. The molecule has 0 spiro atoms. The summed E-state index contributed by atoms with van der Waals surface area (Å²) in [6.07, 6.45) is 4.84. The first-order valence-electron chi connectivity index (χ1n) is 11.5. The number of anilines is 3. The van der Waals surface area contributed by atoms with Gasteiger partial charge in [0.1, 0.15) is 17.2 Å². The van der Waals surface area contributed by atoms with Crippen molar-refractivity contribution in [1.82, 2.24) is 24.8 Å². The summed E-state index contributed by atoms with van der Waals surface area (Å²) in [6.45, 7) is 5.44. The summed E-state index contributed by atoms with van der Waals surface area (Å²) >= 11 is 0. The van der Waals surface area contributed by atoms with Gasteiger partial charge < -0.3 is 25.0 Å². The molecule has 2 aromatic heterocycles. The second-order valence-electron chi connectivity index (χ2n) is 9.42. The molecule has 0 unspecified atom stereocenters. The number of nitrogens with zero attached hydrogens (tertiary/aromatic N) is 5. The Hall–Kier alpha value is -3.20. The van der Waals surface area contributed by atoms with Crippen LogP contribution in [0.2, 0.25) is 0 Å². The van der Waals surface area contributed by atoms with Crippen molar-refractivity contribution in [2.75, 3.05) is 50.5 Å². The van der Waals surface area contributed by atoms with Gasteiger partial charge in [0.2, 0.25) is 5.95 Å². The molecular formula is C24H30FN7O. The molecule has 1 saturated heterocycles. The number of hydrogen-bond acceptors (Lipinski definition) is 6. The molecule has 1 amide bonds. The highest BCUT2D eigenvalue weighted by atomic mass is 19.1. The Balaban J connectivity index is 1.48. The number of carbonyl (C=O) groups is 1. The molecule has 0 radical (unpaired) electrons. The smallest absolute Gasteiger partial charge is 0.270 e. The normalized spacial score (nSPS) is 17.6. The molecule has 8 nitrogen and oxygen atoms in total. The number of hydrogen-bond donors (Lipinski definition) is 2. The lowest BCUT2D eigenvalue weighted by molar-refractivity contribution is 0.0793. The zero-order valence-electron chi connectivity index (χ0n) is 19.4. The quantitative estimate of drug-likeness (QED) is 0.620. The van der Waals surface area contributed by atoms with Gasteiger partial charge in [-0.2, -0.15) is 4.98 Å². The molecule has 5 rings (SSSR count). The SMILES string of the molecule is CN(C)C(=O)c1cc2cnc(Nc3ccc(N4CCNCC4)c(F)c3)nc2n1C1(C)CCC1. The van der Waals surface area contributed by atoms with Crippen molar-refractivity contribution in [2.24, 2.45) is 0 Å². The summed E-state index contributed by atoms with van der Waals surface area (Å²) < 4.78 is 16.9. The number of carbonyl (C=O) groups excluding carboxylic acids is 1. The average Bonchev–Trinajstić information content (AvgIpc) is 3.16. The highest BCUT2D eigenvalue weighted by Crippen LogP contribution is 2.42. The second-order valence-corrected chi connectivity index (χ2v) is 9.42. The Morgan fingerprint density at radius 2 is 1.97 bits per heavy atom. The third-order valence-electron chi connectivity index (χ3n) is 6.80. The number of piperazine rings is 1. The van der Waals surface area contributed by atoms with Gasteiger partial charge in [0, 0.05) is 63.1 Å². The van der Waals surface area contributed by atoms with Crippen LogP contribution in [0, 0.1) is 5.82 Å². The zero-order chi connectivity index (χ0) is 23.2. The zero-order valence-corrected chi connectivity index (χ0v) is 19.4. The first-order valence-corrected chi connectivity index (χ1v) is 11.5. The highest BCUT2D eigenvalue weighted by molar-refractivity contribution is 5.98. The van der Waals surface area contributed by atoms with E-state index in [1.54, 1.807) is 31.3 Å². The minimum Gasteiger partial charge on any atom is -0.367 e. The molecule has 9 heteroatoms. The molecule has 33 heavy (non-hydrogen) atoms. The van der Waals surface area contributed by atoms with Gasteiger partial charge in [-0.3, -0.25) is 4.79 Å². The van der Waals surface area contributed by atoms with Gasteiger partial charge in [-0.05, 0) is 50.5 Å². The monoisotopic (exact) mass is 451 g/mol. The Kier molecular flexibility index (Phi) is 5.44. The van der Waals surface area contributed by atoms with Crippen LogP contribution in [-0.2, 0) is 5.54 Å². The molecule has 1 saturated carbocycles. The van der Waals surface area contributed by atoms with E-state index in [1.807, 2.05) is 17.0 Å². The number of amides is 1. The van der Waals surface area contributed by atoms with Crippen LogP contribution in [0.15, 0.2) is 30.5 Å². The standard InChI is InChI=1S/C24H30FN7O/c1-24(7-4-8-24)32-20(22(33)30(2)3)13-16-15-27-23(29-21(16)32)28-17-5-6-19(18(25)14-17)31-11-9-26-10-12-31/h5-6,13-15,26H,4,7-12H2,1-3H3,(H,27,28,29). The number of fused-ring (bicyclic) bond motifs is 1. The van der Waals surface area contributed by atoms with E-state index in [1.165, 1.54) is 6.07 Å². The Morgan fingerprint density at radius 3 is 2.61 bits per heavy atom. The van der Waals surface area contributed by atoms with Crippen molar-refractivity contribution in [2.45, 2.75) is 31.7 Å². The molecule has 3 heterocycles. The van der Waals surface area contributed by atoms with Crippen LogP contribution in [0.4, 0.5) is 21.7 Å². The number of rotatable bonds is 5. The van der Waals surface area contributed by atoms with Crippen LogP contribution in [0.5, 0.6) is 0 Å². The topological polar surface area (TPSA) is 78.3 Å². The van der Waals surface area contributed by atoms with Crippen LogP contribution in [-0.4, -0.2) is 65.6 Å². The van der Waals surface area contributed by atoms with Gasteiger partial charge >= 0.3 is 0 Å². The fourth-order valence-electron chi connectivity index (χ4n) is 4.77. The summed E-state index contributed by atoms with van der Waals surface area (Å²) in [5.74, 6) is 0.0522. The van der Waals surface area contributed by atoms with Gasteiger partial charge in [-0.15, -0.1) is 0 Å². The third-order valence-corrected chi connectivity index (χ3v) is 6.80. The molecule has 174 valence electrons. The summed E-state index contributed by atoms with van der Waals surface area (Å²) in [4.78, 5) is 25.7. The molecule has 1 aromatic carbocycles. The van der Waals surface area contributed by atoms with Crippen LogP contribution in [0.1, 0.15) is 36.7 Å². The lowest BCUT2D eigenvalue weighted by Gasteiger charge is -2.41. The predicted octanol–water partition coefficient (Wildman–Crippen LogP) is 3.32. The van der Waals surface area contributed by atoms with Gasteiger partial charge in [0.25, 0.3) is 5.91 Å². The minimum absolute atomic E-state index is 0.0544. The first kappa shape index (κ1) is 21.6. The van der Waals surface area contributed by atoms with Crippen molar-refractivity contribution in [3.63, 3.8) is 0 Å². The molecule has 2 aliphatic rings. The molecule has 1 aliphatic carbocycles. The molecule has 0 atom stereocenters. The van der Waals surface area contributed by atoms with E-state index in [9.17, 15) is 9.18 Å². The Labute approximate surface area is 192 Å². The van der Waals surface area contributed by atoms with Gasteiger partial charge in [-0.25, -0.2) is 9.37 Å². The van der Waals surface area contributed by atoms with E-state index in [-0.39, 0.29) is 17.3 Å². The lowest BCUT2D eigenvalue weighted by atomic mass is 9.78. The Bertz CT molecular complexity index is 1190. The van der Waals surface area contributed by atoms with Crippen LogP contribution >= 0.6 is 0 Å². The van der Waals surface area contributed by atoms with E-state index in [0.29, 0.717) is 23.0 Å². The van der Waals surface area contributed by atoms with E-state index >= 15 is 0 Å². The highest BCUT2D eigenvalue weighted by Gasteiger charge is 2.38. The maximum Gasteiger partial charge on any atom is 0.270 e. The molecule has 0 bridgehead atoms. The van der Waals surface area contributed by atoms with Gasteiger partial charge in [0.15, 0.2) is 0 Å². The fourth-order valence-corrected chi connectivity index (χ4v) is 4.77. The number of nitrogens with one attached hydrogen (secondary N) is 2. The summed E-state index contributed by atoms with van der Waals surface area (Å²) in [5, 5.41) is 7.24. The van der Waals surface area contributed by atoms with E-state index in [2.05, 4.69) is 27.1 Å². The van der Waals surface area contributed by atoms with E-state index in [0.717, 1.165) is 56.5 Å². The maximum absolute atomic E-state index is 14.8. The van der Waals surface area contributed by atoms with Crippen molar-refractivity contribution in [1.29, 1.82) is 0 Å². The van der Waals surface area contributed by atoms with Crippen LogP contribution < -0.4 is 15.5 Å². The second kappa shape index (κ2) is 8.30. The largest absolute Gasteiger partial charge is 0.367 e. The lowest BCUT2D eigenvalue weighted by Crippen LogP contribution is -2.43. The van der Waals surface area contributed by atoms with E-state index < -0.39 is 0 Å². The third kappa shape index (κ3) is 3.90. The number of halogens is 1. The van der Waals surface area contributed by atoms with Crippen molar-refractivity contribution < 1.29 is 9.18 Å². The minimum atomic E-state index is -0.271. The predicted molar refractivity (Wildman–Crippen MR) is 128 cm³/mol. The van der Waals surface area contributed by atoms with Gasteiger partial charge in [-0.1, -0.05) is 0 Å². The number of aromatic nitrogens is 3. The molecule has 3 aromatic rings. The van der Waals surface area contributed by atoms with Crippen LogP contribution in [0.3, 0.4) is 0 Å². The summed E-state index contributed by atoms with van der Waals surface area (Å²) in [6, 6.07) is 7.00. The molecule has 2 fully saturated rings. The van der Waals surface area contributed by atoms with Crippen LogP contribution in [0.25, 0.3) is 11.0 Å². The molecule has 1 aliphatic heterocycles. The maximum atomic E-state index is 14.8. The first-order chi connectivity index (χ1) is 15.9. The van der Waals surface area contributed by atoms with Gasteiger partial charge in [0.05, 0.1) is 5.69 Å². The van der Waals surface area contributed by atoms with Crippen molar-refractivity contribution in [3.05, 3.63) is 42.0 Å². The van der Waals surface area contributed by atoms with E-state index in [4.69, 9.17) is 4.98 Å². The average molecular weight is 452 g/mol. The Morgan fingerprint density at radius 1 is 1.21 bits per heavy atom. The number of benzene rings is 1. The van der Waals surface area contributed by atoms with Crippen molar-refractivity contribution in [3.8, 4) is 0 Å². The van der Waals surface area contributed by atoms with Crippen molar-refractivity contribution >= 4 is 34.3 Å². The fraction of sp³-hybridized carbons (Fsp3) is 0.458.